The number of nitrogens with one attached hydrogen (secondary N) is 2. The van der Waals surface area contributed by atoms with Gasteiger partial charge in [0.05, 0.1) is 11.2 Å². The normalized spacial score (nSPS) is 14.3. The lowest BCUT2D eigenvalue weighted by Crippen LogP contribution is -2.48. The van der Waals surface area contributed by atoms with Crippen LogP contribution in [-0.2, 0) is 14.8 Å². The van der Waals surface area contributed by atoms with Gasteiger partial charge < -0.3 is 11.1 Å². The predicted molar refractivity (Wildman–Crippen MR) is 99.8 cm³/mol. The Morgan fingerprint density at radius 2 is 1.69 bits per heavy atom. The van der Waals surface area contributed by atoms with E-state index in [1.807, 2.05) is 6.92 Å². The third-order valence-electron chi connectivity index (χ3n) is 3.29. The highest BCUT2D eigenvalue weighted by atomic mass is 35.5. The van der Waals surface area contributed by atoms with Gasteiger partial charge in [-0.15, -0.1) is 12.4 Å². The van der Waals surface area contributed by atoms with Gasteiger partial charge in [-0.25, -0.2) is 21.9 Å². The minimum Gasteiger partial charge on any atom is -0.322 e. The quantitative estimate of drug-likeness (QED) is 0.667. The molecule has 6 nitrogen and oxygen atoms in total. The third-order valence-corrected chi connectivity index (χ3v) is 5.06. The summed E-state index contributed by atoms with van der Waals surface area (Å²) in [5.41, 5.74) is 3.29. The Morgan fingerprint density at radius 1 is 1.15 bits per heavy atom. The Kier molecular flexibility index (Phi) is 8.17. The fourth-order valence-electron chi connectivity index (χ4n) is 2.19. The molecular formula is C16H26ClF2N3O3S. The van der Waals surface area contributed by atoms with Crippen molar-refractivity contribution in [1.29, 1.82) is 0 Å². The number of carbonyl (C=O) groups is 1. The lowest BCUT2D eigenvalue weighted by atomic mass is 9.96. The van der Waals surface area contributed by atoms with Crippen LogP contribution in [0.1, 0.15) is 47.5 Å². The van der Waals surface area contributed by atoms with E-state index >= 15 is 0 Å². The number of anilines is 1. The standard InChI is InChI=1S/C16H25F2N3O3S.ClH/c1-6-7-16(5,19)14(22)20-12-9-13(11(18)8-10(12)17)25(23,24)21-15(2,3)4;/h8-9,21H,6-7,19H2,1-5H3,(H,20,22);1H. The van der Waals surface area contributed by atoms with Crippen molar-refractivity contribution < 1.29 is 22.0 Å². The summed E-state index contributed by atoms with van der Waals surface area (Å²) in [4.78, 5) is 11.4. The summed E-state index contributed by atoms with van der Waals surface area (Å²) in [7, 11) is -4.24. The van der Waals surface area contributed by atoms with Gasteiger partial charge in [0.1, 0.15) is 16.5 Å². The van der Waals surface area contributed by atoms with Crippen molar-refractivity contribution in [3.63, 3.8) is 0 Å². The highest BCUT2D eigenvalue weighted by Gasteiger charge is 2.30. The second kappa shape index (κ2) is 8.60. The molecule has 0 aliphatic rings. The minimum absolute atomic E-state index is 0. The molecule has 1 aromatic carbocycles. The van der Waals surface area contributed by atoms with Gasteiger partial charge in [-0.1, -0.05) is 13.3 Å². The van der Waals surface area contributed by atoms with Crippen molar-refractivity contribution in [1.82, 2.24) is 4.72 Å². The topological polar surface area (TPSA) is 101 Å². The van der Waals surface area contributed by atoms with E-state index in [0.29, 0.717) is 18.9 Å². The largest absolute Gasteiger partial charge is 0.322 e. The third kappa shape index (κ3) is 6.46. The van der Waals surface area contributed by atoms with Crippen LogP contribution in [0.15, 0.2) is 17.0 Å². The first kappa shape index (κ1) is 24.7. The van der Waals surface area contributed by atoms with Crippen LogP contribution in [0.4, 0.5) is 14.5 Å². The lowest BCUT2D eigenvalue weighted by molar-refractivity contribution is -0.120. The molecule has 0 fully saturated rings. The van der Waals surface area contributed by atoms with Crippen LogP contribution < -0.4 is 15.8 Å². The molecule has 0 saturated heterocycles. The number of halogens is 3. The van der Waals surface area contributed by atoms with Crippen LogP contribution in [0, 0.1) is 11.6 Å². The van der Waals surface area contributed by atoms with Crippen molar-refractivity contribution in [3.05, 3.63) is 23.8 Å². The first-order chi connectivity index (χ1) is 11.2. The van der Waals surface area contributed by atoms with E-state index in [0.717, 1.165) is 6.07 Å². The number of carbonyl (C=O) groups excluding carboxylic acids is 1. The maximum Gasteiger partial charge on any atom is 0.244 e. The molecule has 1 amide bonds. The van der Waals surface area contributed by atoms with E-state index in [4.69, 9.17) is 5.73 Å². The molecule has 10 heteroatoms. The number of rotatable bonds is 6. The zero-order chi connectivity index (χ0) is 19.6. The van der Waals surface area contributed by atoms with Gasteiger partial charge in [0.15, 0.2) is 0 Å². The molecule has 1 aromatic rings. The van der Waals surface area contributed by atoms with Crippen molar-refractivity contribution in [2.75, 3.05) is 5.32 Å². The summed E-state index contributed by atoms with van der Waals surface area (Å²) in [5.74, 6) is -3.03. The van der Waals surface area contributed by atoms with E-state index in [-0.39, 0.29) is 12.4 Å². The van der Waals surface area contributed by atoms with Gasteiger partial charge in [-0.3, -0.25) is 4.79 Å². The molecule has 0 aliphatic heterocycles. The second-order valence-corrected chi connectivity index (χ2v) is 8.89. The molecule has 0 radical (unpaired) electrons. The van der Waals surface area contributed by atoms with Crippen LogP contribution in [0.3, 0.4) is 0 Å². The van der Waals surface area contributed by atoms with Crippen LogP contribution in [0.2, 0.25) is 0 Å². The summed E-state index contributed by atoms with van der Waals surface area (Å²) in [6.45, 7) is 8.06. The van der Waals surface area contributed by atoms with Crippen LogP contribution in [-0.4, -0.2) is 25.4 Å². The monoisotopic (exact) mass is 413 g/mol. The van der Waals surface area contributed by atoms with E-state index in [1.165, 1.54) is 6.92 Å². The average molecular weight is 414 g/mol. The summed E-state index contributed by atoms with van der Waals surface area (Å²) in [6.07, 6.45) is 0.972. The molecule has 0 heterocycles. The zero-order valence-corrected chi connectivity index (χ0v) is 17.1. The van der Waals surface area contributed by atoms with Crippen LogP contribution >= 0.6 is 12.4 Å². The number of sulfonamides is 1. The van der Waals surface area contributed by atoms with Gasteiger partial charge in [0, 0.05) is 11.6 Å². The molecule has 0 spiro atoms. The minimum atomic E-state index is -4.24. The Bertz CT molecular complexity index is 763. The van der Waals surface area contributed by atoms with Gasteiger partial charge in [-0.05, 0) is 40.2 Å². The molecule has 0 aliphatic carbocycles. The molecular weight excluding hydrogens is 388 g/mol. The lowest BCUT2D eigenvalue weighted by Gasteiger charge is -2.24. The number of nitrogens with two attached hydrogens (primary N) is 1. The van der Waals surface area contributed by atoms with Crippen molar-refractivity contribution in [2.45, 2.75) is 63.4 Å². The highest BCUT2D eigenvalue weighted by Crippen LogP contribution is 2.25. The van der Waals surface area contributed by atoms with E-state index < -0.39 is 49.2 Å². The Labute approximate surface area is 159 Å². The first-order valence-corrected chi connectivity index (χ1v) is 9.31. The summed E-state index contributed by atoms with van der Waals surface area (Å²) in [5, 5.41) is 2.24. The smallest absolute Gasteiger partial charge is 0.244 e. The summed E-state index contributed by atoms with van der Waals surface area (Å²) < 4.78 is 54.9. The van der Waals surface area contributed by atoms with Gasteiger partial charge in [0.2, 0.25) is 15.9 Å². The SMILES string of the molecule is CCCC(C)(N)C(=O)Nc1cc(S(=O)(=O)NC(C)(C)C)c(F)cc1F.Cl. The summed E-state index contributed by atoms with van der Waals surface area (Å²) in [6, 6.07) is 1.17. The first-order valence-electron chi connectivity index (χ1n) is 7.83. The molecule has 0 aromatic heterocycles. The van der Waals surface area contributed by atoms with Gasteiger partial charge in [0.25, 0.3) is 0 Å². The molecule has 1 rings (SSSR count). The van der Waals surface area contributed by atoms with Gasteiger partial charge in [-0.2, -0.15) is 0 Å². The van der Waals surface area contributed by atoms with Crippen LogP contribution in [0.25, 0.3) is 0 Å². The number of benzene rings is 1. The fraction of sp³-hybridized carbons (Fsp3) is 0.562. The van der Waals surface area contributed by atoms with E-state index in [9.17, 15) is 22.0 Å². The molecule has 0 saturated carbocycles. The molecule has 1 atom stereocenters. The number of hydrogen-bond donors (Lipinski definition) is 3. The van der Waals surface area contributed by atoms with Crippen LogP contribution in [0.5, 0.6) is 0 Å². The molecule has 26 heavy (non-hydrogen) atoms. The molecule has 4 N–H and O–H groups in total. The maximum absolute atomic E-state index is 14.0. The highest BCUT2D eigenvalue weighted by molar-refractivity contribution is 7.89. The van der Waals surface area contributed by atoms with Crippen molar-refractivity contribution >= 4 is 34.0 Å². The Morgan fingerprint density at radius 3 is 2.15 bits per heavy atom. The second-order valence-electron chi connectivity index (χ2n) is 7.24. The Balaban J connectivity index is 0.00000625. The number of hydrogen-bond acceptors (Lipinski definition) is 4. The van der Waals surface area contributed by atoms with Crippen molar-refractivity contribution in [3.8, 4) is 0 Å². The van der Waals surface area contributed by atoms with Gasteiger partial charge >= 0.3 is 0 Å². The molecule has 0 bridgehead atoms. The zero-order valence-electron chi connectivity index (χ0n) is 15.4. The maximum atomic E-state index is 14.0. The van der Waals surface area contributed by atoms with E-state index in [1.54, 1.807) is 20.8 Å². The number of amides is 1. The van der Waals surface area contributed by atoms with E-state index in [2.05, 4.69) is 10.0 Å². The molecule has 1 unspecified atom stereocenters. The van der Waals surface area contributed by atoms with Crippen molar-refractivity contribution in [2.24, 2.45) is 5.73 Å². The average Bonchev–Trinajstić information content (AvgIpc) is 2.38. The Hall–Kier alpha value is -1.29. The molecule has 150 valence electrons. The summed E-state index contributed by atoms with van der Waals surface area (Å²) >= 11 is 0. The predicted octanol–water partition coefficient (Wildman–Crippen LogP) is 2.92. The fourth-order valence-corrected chi connectivity index (χ4v) is 3.69.